The van der Waals surface area contributed by atoms with Gasteiger partial charge in [0.2, 0.25) is 0 Å². The van der Waals surface area contributed by atoms with Gasteiger partial charge in [-0.15, -0.1) is 0 Å². The lowest BCUT2D eigenvalue weighted by Crippen LogP contribution is -2.50. The van der Waals surface area contributed by atoms with Crippen LogP contribution in [0.25, 0.3) is 0 Å². The van der Waals surface area contributed by atoms with Crippen LogP contribution in [-0.2, 0) is 15.6 Å². The first kappa shape index (κ1) is 21.6. The third kappa shape index (κ3) is 4.43. The minimum atomic E-state index is -1.26. The summed E-state index contributed by atoms with van der Waals surface area (Å²) in [5.74, 6) is -1.41. The van der Waals surface area contributed by atoms with Crippen LogP contribution in [0.1, 0.15) is 25.1 Å². The first-order valence-corrected chi connectivity index (χ1v) is 11.0. The summed E-state index contributed by atoms with van der Waals surface area (Å²) in [6.07, 6.45) is 0. The molecule has 2 atom stereocenters. The molecule has 3 rings (SSSR count). The number of hydrogen-bond acceptors (Lipinski definition) is 4. The molecule has 1 amide bonds. The molecule has 1 aromatic heterocycles. The second-order valence-corrected chi connectivity index (χ2v) is 9.26. The maximum absolute atomic E-state index is 14.5. The summed E-state index contributed by atoms with van der Waals surface area (Å²) >= 11 is 5.83. The number of amides is 1. The normalized spacial score (nSPS) is 19.1. The minimum Gasteiger partial charge on any atom is -0.332 e. The smallest absolute Gasteiger partial charge is 0.251 e. The van der Waals surface area contributed by atoms with Crippen LogP contribution in [0.15, 0.2) is 24.3 Å². The number of aryl methyl sites for hydroxylation is 2. The zero-order valence-electron chi connectivity index (χ0n) is 16.6. The Bertz CT molecular complexity index is 966. The van der Waals surface area contributed by atoms with Gasteiger partial charge in [0, 0.05) is 28.6 Å². The van der Waals surface area contributed by atoms with E-state index in [4.69, 9.17) is 11.6 Å². The Morgan fingerprint density at radius 1 is 1.24 bits per heavy atom. The molecule has 1 aromatic carbocycles. The topological polar surface area (TPSA) is 53.5 Å². The van der Waals surface area contributed by atoms with E-state index in [0.717, 1.165) is 17.3 Å². The van der Waals surface area contributed by atoms with Gasteiger partial charge in [-0.25, -0.2) is 13.8 Å². The fourth-order valence-corrected chi connectivity index (χ4v) is 5.03. The molecule has 0 saturated carbocycles. The molecule has 0 bridgehead atoms. The van der Waals surface area contributed by atoms with Crippen LogP contribution in [0.4, 0.5) is 20.3 Å². The molecular formula is C20H22ClF2N3O2S. The number of benzene rings is 1. The highest BCUT2D eigenvalue weighted by atomic mass is 35.5. The second kappa shape index (κ2) is 8.36. The maximum atomic E-state index is 14.5. The number of carbonyl (C=O) groups is 1. The third-order valence-corrected chi connectivity index (χ3v) is 6.21. The average molecular weight is 442 g/mol. The summed E-state index contributed by atoms with van der Waals surface area (Å²) in [6.45, 7) is 7.20. The molecule has 0 radical (unpaired) electrons. The minimum absolute atomic E-state index is 0.104. The molecule has 1 unspecified atom stereocenters. The molecule has 1 aliphatic rings. The highest BCUT2D eigenvalue weighted by Crippen LogP contribution is 2.31. The van der Waals surface area contributed by atoms with Crippen molar-refractivity contribution < 1.29 is 17.8 Å². The SMILES string of the molecule is Cc1cc(C)nc(N2CS(=O)C[C@H]2C(=O)N(c2cc(Cl)c(F)cc2F)C(C)C)c1. The van der Waals surface area contributed by atoms with Crippen LogP contribution >= 0.6 is 11.6 Å². The summed E-state index contributed by atoms with van der Waals surface area (Å²) in [5.41, 5.74) is 1.64. The highest BCUT2D eigenvalue weighted by Gasteiger charge is 2.40. The van der Waals surface area contributed by atoms with Gasteiger partial charge in [-0.1, -0.05) is 11.6 Å². The fourth-order valence-electron chi connectivity index (χ4n) is 3.47. The van der Waals surface area contributed by atoms with E-state index in [0.29, 0.717) is 11.9 Å². The molecule has 1 fully saturated rings. The largest absolute Gasteiger partial charge is 0.332 e. The van der Waals surface area contributed by atoms with Crippen LogP contribution in [0, 0.1) is 25.5 Å². The first-order chi connectivity index (χ1) is 13.6. The summed E-state index contributed by atoms with van der Waals surface area (Å²) in [4.78, 5) is 20.9. The molecule has 1 aliphatic heterocycles. The van der Waals surface area contributed by atoms with Crippen molar-refractivity contribution in [3.05, 3.63) is 52.2 Å². The Hall–Kier alpha value is -2.06. The lowest BCUT2D eigenvalue weighted by Gasteiger charge is -2.33. The Morgan fingerprint density at radius 3 is 2.55 bits per heavy atom. The summed E-state index contributed by atoms with van der Waals surface area (Å²) in [6, 6.07) is 4.29. The van der Waals surface area contributed by atoms with Crippen molar-refractivity contribution in [1.82, 2.24) is 4.98 Å². The van der Waals surface area contributed by atoms with E-state index < -0.39 is 40.4 Å². The quantitative estimate of drug-likeness (QED) is 0.674. The van der Waals surface area contributed by atoms with Crippen molar-refractivity contribution in [2.75, 3.05) is 21.4 Å². The van der Waals surface area contributed by atoms with Gasteiger partial charge in [-0.3, -0.25) is 9.00 Å². The molecule has 2 heterocycles. The lowest BCUT2D eigenvalue weighted by atomic mass is 10.1. The van der Waals surface area contributed by atoms with Gasteiger partial charge in [-0.05, 0) is 51.5 Å². The van der Waals surface area contributed by atoms with Crippen LogP contribution in [0.5, 0.6) is 0 Å². The van der Waals surface area contributed by atoms with Crippen LogP contribution in [0.3, 0.4) is 0 Å². The van der Waals surface area contributed by atoms with Crippen molar-refractivity contribution in [3.63, 3.8) is 0 Å². The Morgan fingerprint density at radius 2 is 1.93 bits per heavy atom. The Balaban J connectivity index is 2.03. The summed E-state index contributed by atoms with van der Waals surface area (Å²) < 4.78 is 40.4. The van der Waals surface area contributed by atoms with Gasteiger partial charge in [0.05, 0.1) is 22.3 Å². The van der Waals surface area contributed by atoms with E-state index in [1.54, 1.807) is 18.7 Å². The molecule has 0 spiro atoms. The van der Waals surface area contributed by atoms with Gasteiger partial charge in [-0.2, -0.15) is 0 Å². The predicted molar refractivity (Wildman–Crippen MR) is 112 cm³/mol. The van der Waals surface area contributed by atoms with E-state index in [1.165, 1.54) is 4.90 Å². The van der Waals surface area contributed by atoms with Crippen molar-refractivity contribution in [3.8, 4) is 0 Å². The van der Waals surface area contributed by atoms with Crippen LogP contribution in [-0.4, -0.2) is 38.8 Å². The molecule has 2 aromatic rings. The molecule has 5 nitrogen and oxygen atoms in total. The Labute approximate surface area is 176 Å². The number of halogens is 3. The third-order valence-electron chi connectivity index (χ3n) is 4.67. The number of hydrogen-bond donors (Lipinski definition) is 0. The number of carbonyl (C=O) groups excluding carboxylic acids is 1. The highest BCUT2D eigenvalue weighted by molar-refractivity contribution is 7.85. The van der Waals surface area contributed by atoms with E-state index in [1.807, 2.05) is 26.0 Å². The van der Waals surface area contributed by atoms with Gasteiger partial charge >= 0.3 is 0 Å². The molecule has 9 heteroatoms. The molecule has 0 aliphatic carbocycles. The van der Waals surface area contributed by atoms with E-state index in [9.17, 15) is 17.8 Å². The number of aromatic nitrogens is 1. The first-order valence-electron chi connectivity index (χ1n) is 9.13. The summed E-state index contributed by atoms with van der Waals surface area (Å²) in [7, 11) is -1.26. The summed E-state index contributed by atoms with van der Waals surface area (Å²) in [5, 5.41) is -0.275. The van der Waals surface area contributed by atoms with Crippen LogP contribution in [0.2, 0.25) is 5.02 Å². The van der Waals surface area contributed by atoms with Crippen LogP contribution < -0.4 is 9.80 Å². The number of rotatable bonds is 4. The second-order valence-electron chi connectivity index (χ2n) is 7.38. The van der Waals surface area contributed by atoms with Gasteiger partial charge in [0.1, 0.15) is 23.5 Å². The zero-order valence-corrected chi connectivity index (χ0v) is 18.2. The molecule has 0 N–H and O–H groups in total. The zero-order chi connectivity index (χ0) is 21.5. The van der Waals surface area contributed by atoms with Crippen molar-refractivity contribution in [1.29, 1.82) is 0 Å². The number of pyridine rings is 1. The van der Waals surface area contributed by atoms with Crippen molar-refractivity contribution in [2.24, 2.45) is 0 Å². The average Bonchev–Trinajstić information content (AvgIpc) is 3.00. The van der Waals surface area contributed by atoms with Crippen molar-refractivity contribution >= 4 is 39.8 Å². The molecule has 1 saturated heterocycles. The maximum Gasteiger partial charge on any atom is 0.251 e. The molecular weight excluding hydrogens is 420 g/mol. The van der Waals surface area contributed by atoms with Gasteiger partial charge in [0.25, 0.3) is 5.91 Å². The fraction of sp³-hybridized carbons (Fsp3) is 0.400. The molecule has 29 heavy (non-hydrogen) atoms. The van der Waals surface area contributed by atoms with E-state index in [2.05, 4.69) is 4.98 Å². The van der Waals surface area contributed by atoms with E-state index >= 15 is 0 Å². The van der Waals surface area contributed by atoms with Crippen molar-refractivity contribution in [2.45, 2.75) is 39.8 Å². The Kier molecular flexibility index (Phi) is 6.24. The van der Waals surface area contributed by atoms with Gasteiger partial charge < -0.3 is 9.80 Å². The number of anilines is 2. The standard InChI is InChI=1S/C20H22ClF2N3O2S/c1-11(2)26(17-7-14(21)15(22)8-16(17)23)20(27)18-9-29(28)10-25(18)19-6-12(3)5-13(4)24-19/h5-8,11,18H,9-10H2,1-4H3/t18-,29?/m0/s1. The number of nitrogens with zero attached hydrogens (tertiary/aromatic N) is 3. The van der Waals surface area contributed by atoms with E-state index in [-0.39, 0.29) is 22.3 Å². The van der Waals surface area contributed by atoms with Gasteiger partial charge in [0.15, 0.2) is 0 Å². The molecule has 156 valence electrons. The monoisotopic (exact) mass is 441 g/mol. The lowest BCUT2D eigenvalue weighted by molar-refractivity contribution is -0.119. The predicted octanol–water partition coefficient (Wildman–Crippen LogP) is 3.97.